The normalized spacial score (nSPS) is 10.9. The molecule has 0 spiro atoms. The van der Waals surface area contributed by atoms with Gasteiger partial charge in [-0.15, -0.1) is 0 Å². The third-order valence-electron chi connectivity index (χ3n) is 3.63. The summed E-state index contributed by atoms with van der Waals surface area (Å²) in [7, 11) is 0. The lowest BCUT2D eigenvalue weighted by atomic mass is 10.1. The van der Waals surface area contributed by atoms with Gasteiger partial charge in [-0.2, -0.15) is 0 Å². The largest absolute Gasteiger partial charge is 0.508 e. The molecule has 1 heterocycles. The van der Waals surface area contributed by atoms with Crippen LogP contribution in [0.1, 0.15) is 18.2 Å². The van der Waals surface area contributed by atoms with Gasteiger partial charge in [-0.05, 0) is 49.2 Å². The summed E-state index contributed by atoms with van der Waals surface area (Å²) >= 11 is 5.84. The van der Waals surface area contributed by atoms with E-state index < -0.39 is 0 Å². The van der Waals surface area contributed by atoms with Crippen molar-refractivity contribution in [2.45, 2.75) is 20.3 Å². The molecule has 0 fully saturated rings. The van der Waals surface area contributed by atoms with Gasteiger partial charge in [0, 0.05) is 11.1 Å². The Morgan fingerprint density at radius 3 is 2.57 bits per heavy atom. The molecule has 0 saturated carbocycles. The van der Waals surface area contributed by atoms with Gasteiger partial charge in [0.05, 0.1) is 5.39 Å². The van der Waals surface area contributed by atoms with E-state index in [-0.39, 0.29) is 16.9 Å². The minimum atomic E-state index is -0.270. The predicted molar refractivity (Wildman–Crippen MR) is 89.8 cm³/mol. The molecule has 1 N–H and O–H groups in total. The fourth-order valence-electron chi connectivity index (χ4n) is 2.39. The highest BCUT2D eigenvalue weighted by atomic mass is 35.5. The molecule has 2 aromatic carbocycles. The first-order valence-electron chi connectivity index (χ1n) is 7.22. The van der Waals surface area contributed by atoms with Crippen molar-refractivity contribution >= 4 is 22.6 Å². The SMILES string of the molecule is CCc1cc2c(=O)c(Oc3ccc(Cl)cc3)c(C)oc2cc1O. The van der Waals surface area contributed by atoms with Gasteiger partial charge in [-0.3, -0.25) is 4.79 Å². The Labute approximate surface area is 137 Å². The van der Waals surface area contributed by atoms with Crippen molar-refractivity contribution in [1.29, 1.82) is 0 Å². The summed E-state index contributed by atoms with van der Waals surface area (Å²) < 4.78 is 11.3. The average Bonchev–Trinajstić information content (AvgIpc) is 2.53. The van der Waals surface area contributed by atoms with E-state index in [2.05, 4.69) is 0 Å². The molecule has 0 saturated heterocycles. The topological polar surface area (TPSA) is 59.7 Å². The van der Waals surface area contributed by atoms with E-state index in [1.807, 2.05) is 6.92 Å². The second-order valence-corrected chi connectivity index (χ2v) is 5.64. The molecule has 3 aromatic rings. The molecule has 0 bridgehead atoms. The van der Waals surface area contributed by atoms with Crippen molar-refractivity contribution in [3.63, 3.8) is 0 Å². The fraction of sp³-hybridized carbons (Fsp3) is 0.167. The zero-order chi connectivity index (χ0) is 16.6. The van der Waals surface area contributed by atoms with Crippen molar-refractivity contribution < 1.29 is 14.3 Å². The maximum atomic E-state index is 12.7. The van der Waals surface area contributed by atoms with Gasteiger partial charge < -0.3 is 14.3 Å². The molecule has 0 aliphatic rings. The number of aryl methyl sites for hydroxylation is 2. The van der Waals surface area contributed by atoms with Crippen LogP contribution in [0, 0.1) is 6.92 Å². The van der Waals surface area contributed by atoms with Crippen LogP contribution in [0.5, 0.6) is 17.2 Å². The highest BCUT2D eigenvalue weighted by molar-refractivity contribution is 6.30. The van der Waals surface area contributed by atoms with Gasteiger partial charge in [-0.25, -0.2) is 0 Å². The van der Waals surface area contributed by atoms with Crippen LogP contribution < -0.4 is 10.2 Å². The van der Waals surface area contributed by atoms with Crippen molar-refractivity contribution in [3.8, 4) is 17.2 Å². The second kappa shape index (κ2) is 5.97. The first-order chi connectivity index (χ1) is 11.0. The summed E-state index contributed by atoms with van der Waals surface area (Å²) in [5.74, 6) is 1.10. The molecule has 0 atom stereocenters. The van der Waals surface area contributed by atoms with Crippen LogP contribution in [-0.4, -0.2) is 5.11 Å². The zero-order valence-electron chi connectivity index (χ0n) is 12.7. The van der Waals surface area contributed by atoms with E-state index in [1.54, 1.807) is 37.3 Å². The molecule has 4 nitrogen and oxygen atoms in total. The van der Waals surface area contributed by atoms with E-state index in [0.29, 0.717) is 39.5 Å². The zero-order valence-corrected chi connectivity index (χ0v) is 13.5. The minimum absolute atomic E-state index is 0.119. The molecule has 0 unspecified atom stereocenters. The molecule has 0 aliphatic carbocycles. The van der Waals surface area contributed by atoms with Crippen LogP contribution in [0.3, 0.4) is 0 Å². The van der Waals surface area contributed by atoms with Gasteiger partial charge in [-0.1, -0.05) is 18.5 Å². The molecule has 118 valence electrons. The summed E-state index contributed by atoms with van der Waals surface area (Å²) in [6.45, 7) is 3.55. The molecule has 1 aromatic heterocycles. The third kappa shape index (κ3) is 2.90. The van der Waals surface area contributed by atoms with Gasteiger partial charge in [0.25, 0.3) is 0 Å². The highest BCUT2D eigenvalue weighted by Gasteiger charge is 2.15. The maximum absolute atomic E-state index is 12.7. The number of ether oxygens (including phenoxy) is 1. The number of rotatable bonds is 3. The number of halogens is 1. The Hall–Kier alpha value is -2.46. The lowest BCUT2D eigenvalue weighted by Crippen LogP contribution is -2.07. The predicted octanol–water partition coefficient (Wildman–Crippen LogP) is 4.82. The van der Waals surface area contributed by atoms with Crippen molar-refractivity contribution in [1.82, 2.24) is 0 Å². The number of aromatic hydroxyl groups is 1. The van der Waals surface area contributed by atoms with E-state index in [1.165, 1.54) is 6.07 Å². The van der Waals surface area contributed by atoms with Crippen LogP contribution in [0.25, 0.3) is 11.0 Å². The molecule has 0 radical (unpaired) electrons. The monoisotopic (exact) mass is 330 g/mol. The van der Waals surface area contributed by atoms with Crippen molar-refractivity contribution in [2.75, 3.05) is 0 Å². The van der Waals surface area contributed by atoms with Crippen LogP contribution in [0.15, 0.2) is 45.6 Å². The Bertz CT molecular complexity index is 926. The first kappa shape index (κ1) is 15.4. The van der Waals surface area contributed by atoms with Gasteiger partial charge in [0.2, 0.25) is 11.2 Å². The molecular weight excluding hydrogens is 316 g/mol. The smallest absolute Gasteiger partial charge is 0.235 e. The number of phenolic OH excluding ortho intramolecular Hbond substituents is 1. The molecule has 5 heteroatoms. The standard InChI is InChI=1S/C18H15ClO4/c1-3-11-8-14-16(9-15(11)20)22-10(2)18(17(14)21)23-13-6-4-12(19)5-7-13/h4-9,20H,3H2,1-2H3. The van der Waals surface area contributed by atoms with Crippen molar-refractivity contribution in [3.05, 3.63) is 63.0 Å². The van der Waals surface area contributed by atoms with Gasteiger partial charge in [0.15, 0.2) is 0 Å². The Morgan fingerprint density at radius 1 is 1.22 bits per heavy atom. The molecule has 3 rings (SSSR count). The maximum Gasteiger partial charge on any atom is 0.235 e. The quantitative estimate of drug-likeness (QED) is 0.748. The van der Waals surface area contributed by atoms with Crippen LogP contribution in [0.4, 0.5) is 0 Å². The van der Waals surface area contributed by atoms with Crippen molar-refractivity contribution in [2.24, 2.45) is 0 Å². The summed E-state index contributed by atoms with van der Waals surface area (Å²) in [5, 5.41) is 10.9. The summed E-state index contributed by atoms with van der Waals surface area (Å²) in [6.07, 6.45) is 0.614. The summed E-state index contributed by atoms with van der Waals surface area (Å²) in [4.78, 5) is 12.7. The second-order valence-electron chi connectivity index (χ2n) is 5.20. The molecule has 0 amide bonds. The lowest BCUT2D eigenvalue weighted by molar-refractivity contribution is 0.434. The number of phenols is 1. The molecule has 0 aliphatic heterocycles. The fourth-order valence-corrected chi connectivity index (χ4v) is 2.52. The lowest BCUT2D eigenvalue weighted by Gasteiger charge is -2.10. The highest BCUT2D eigenvalue weighted by Crippen LogP contribution is 2.29. The number of hydrogen-bond donors (Lipinski definition) is 1. The molecular formula is C18H15ClO4. The van der Waals surface area contributed by atoms with E-state index in [0.717, 1.165) is 0 Å². The summed E-state index contributed by atoms with van der Waals surface area (Å²) in [5.41, 5.74) is 0.755. The van der Waals surface area contributed by atoms with Crippen LogP contribution in [-0.2, 0) is 6.42 Å². The third-order valence-corrected chi connectivity index (χ3v) is 3.88. The minimum Gasteiger partial charge on any atom is -0.508 e. The summed E-state index contributed by atoms with van der Waals surface area (Å²) in [6, 6.07) is 9.84. The number of benzene rings is 2. The number of fused-ring (bicyclic) bond motifs is 1. The van der Waals surface area contributed by atoms with Gasteiger partial charge >= 0.3 is 0 Å². The molecule has 23 heavy (non-hydrogen) atoms. The average molecular weight is 331 g/mol. The Morgan fingerprint density at radius 2 is 1.91 bits per heavy atom. The van der Waals surface area contributed by atoms with Gasteiger partial charge in [0.1, 0.15) is 22.8 Å². The van der Waals surface area contributed by atoms with E-state index in [9.17, 15) is 9.90 Å². The van der Waals surface area contributed by atoms with Crippen LogP contribution >= 0.6 is 11.6 Å². The van der Waals surface area contributed by atoms with Crippen LogP contribution in [0.2, 0.25) is 5.02 Å². The van der Waals surface area contributed by atoms with E-state index in [4.69, 9.17) is 20.8 Å². The Kier molecular flexibility index (Phi) is 4.01. The van der Waals surface area contributed by atoms with E-state index >= 15 is 0 Å². The Balaban J connectivity index is 2.15. The first-order valence-corrected chi connectivity index (χ1v) is 7.60. The number of hydrogen-bond acceptors (Lipinski definition) is 4.